The topological polar surface area (TPSA) is 184 Å². The third kappa shape index (κ3) is 9.59. The Morgan fingerprint density at radius 2 is 1.41 bits per heavy atom. The smallest absolute Gasteiger partial charge is 0.410 e. The van der Waals surface area contributed by atoms with Gasteiger partial charge in [0.25, 0.3) is 0 Å². The lowest BCUT2D eigenvalue weighted by atomic mass is 9.76. The molecule has 4 atom stereocenters. The summed E-state index contributed by atoms with van der Waals surface area (Å²) in [6, 6.07) is 0. The number of carbonyl (C=O) groups excluding carboxylic acids is 3. The van der Waals surface area contributed by atoms with Gasteiger partial charge in [0.2, 0.25) is 5.91 Å². The highest BCUT2D eigenvalue weighted by atomic mass is 16.6. The van der Waals surface area contributed by atoms with Crippen molar-refractivity contribution in [2.75, 3.05) is 65.6 Å². The minimum absolute atomic E-state index is 0.0593. The van der Waals surface area contributed by atoms with Gasteiger partial charge in [-0.15, -0.1) is 0 Å². The van der Waals surface area contributed by atoms with Crippen molar-refractivity contribution < 1.29 is 33.7 Å². The molecule has 0 aromatic heterocycles. The standard InChI is InChI=1S/C32H57N5O7/c33-18-22-3-7-24(8-4-22)29(38)26(20-35)2-1-16-42-21-28-30(39)27(11-17-43-28)44-32(41)37-14-12-36(13-15-37)31(40)25-9-5-23(19-34)6-10-25/h22-28,30,39H,1-21,33-35H2/t22?,23?,24?,25?,26?,27-,28-,30+/m1/s1. The van der Waals surface area contributed by atoms with Crippen LogP contribution in [0.5, 0.6) is 0 Å². The van der Waals surface area contributed by atoms with Crippen LogP contribution < -0.4 is 17.2 Å². The van der Waals surface area contributed by atoms with Crippen LogP contribution >= 0.6 is 0 Å². The highest BCUT2D eigenvalue weighted by Crippen LogP contribution is 2.32. The lowest BCUT2D eigenvalue weighted by molar-refractivity contribution is -0.158. The first-order chi connectivity index (χ1) is 21.3. The van der Waals surface area contributed by atoms with Gasteiger partial charge >= 0.3 is 6.09 Å². The molecule has 2 saturated heterocycles. The number of aliphatic hydroxyl groups is 1. The molecule has 0 aromatic rings. The van der Waals surface area contributed by atoms with E-state index in [1.165, 1.54) is 0 Å². The normalized spacial score (nSPS) is 32.2. The zero-order chi connectivity index (χ0) is 31.5. The molecular formula is C32H57N5O7. The number of nitrogens with two attached hydrogens (primary N) is 3. The molecule has 1 unspecified atom stereocenters. The maximum absolute atomic E-state index is 13.0. The Kier molecular flexibility index (Phi) is 14.1. The summed E-state index contributed by atoms with van der Waals surface area (Å²) >= 11 is 0. The van der Waals surface area contributed by atoms with Gasteiger partial charge in [-0.1, -0.05) is 0 Å². The van der Waals surface area contributed by atoms with Crippen molar-refractivity contribution in [2.24, 2.45) is 46.8 Å². The van der Waals surface area contributed by atoms with Gasteiger partial charge in [0, 0.05) is 63.5 Å². The summed E-state index contributed by atoms with van der Waals surface area (Å²) in [5, 5.41) is 10.9. The Balaban J connectivity index is 1.11. The van der Waals surface area contributed by atoms with Crippen LogP contribution in [-0.4, -0.2) is 117 Å². The largest absolute Gasteiger partial charge is 0.443 e. The minimum atomic E-state index is -0.999. The van der Waals surface area contributed by atoms with Crippen molar-refractivity contribution in [2.45, 2.75) is 88.9 Å². The van der Waals surface area contributed by atoms with Crippen molar-refractivity contribution in [1.29, 1.82) is 0 Å². The molecule has 2 amide bonds. The van der Waals surface area contributed by atoms with E-state index in [0.717, 1.165) is 51.4 Å². The molecule has 7 N–H and O–H groups in total. The van der Waals surface area contributed by atoms with Crippen molar-refractivity contribution >= 4 is 17.8 Å². The first-order valence-corrected chi connectivity index (χ1v) is 17.1. The number of ether oxygens (including phenoxy) is 3. The van der Waals surface area contributed by atoms with Crippen molar-refractivity contribution in [3.63, 3.8) is 0 Å². The van der Waals surface area contributed by atoms with E-state index in [-0.39, 0.29) is 36.1 Å². The third-order valence-electron chi connectivity index (χ3n) is 10.5. The molecule has 0 aromatic carbocycles. The van der Waals surface area contributed by atoms with Gasteiger partial charge in [0.05, 0.1) is 13.2 Å². The van der Waals surface area contributed by atoms with Crippen LogP contribution in [0.1, 0.15) is 70.6 Å². The fourth-order valence-electron chi connectivity index (χ4n) is 7.36. The summed E-state index contributed by atoms with van der Waals surface area (Å²) in [5.41, 5.74) is 17.5. The van der Waals surface area contributed by atoms with E-state index in [4.69, 9.17) is 31.4 Å². The van der Waals surface area contributed by atoms with E-state index in [1.807, 2.05) is 4.90 Å². The highest BCUT2D eigenvalue weighted by Gasteiger charge is 2.38. The minimum Gasteiger partial charge on any atom is -0.443 e. The fourth-order valence-corrected chi connectivity index (χ4v) is 7.36. The Morgan fingerprint density at radius 1 is 0.818 bits per heavy atom. The molecule has 4 fully saturated rings. The monoisotopic (exact) mass is 623 g/mol. The number of Topliss-reactive ketones (excluding diaryl/α,β-unsaturated/α-hetero) is 1. The summed E-state index contributed by atoms with van der Waals surface area (Å²) in [7, 11) is 0. The summed E-state index contributed by atoms with van der Waals surface area (Å²) in [6.07, 6.45) is 6.64. The number of hydrogen-bond acceptors (Lipinski definition) is 10. The molecule has 2 heterocycles. The van der Waals surface area contributed by atoms with Gasteiger partial charge < -0.3 is 46.3 Å². The molecule has 0 bridgehead atoms. The van der Waals surface area contributed by atoms with E-state index >= 15 is 0 Å². The van der Waals surface area contributed by atoms with Crippen molar-refractivity contribution in [3.8, 4) is 0 Å². The zero-order valence-electron chi connectivity index (χ0n) is 26.5. The van der Waals surface area contributed by atoms with Crippen LogP contribution in [-0.2, 0) is 23.8 Å². The van der Waals surface area contributed by atoms with Gasteiger partial charge in [-0.25, -0.2) is 4.79 Å². The lowest BCUT2D eigenvalue weighted by Gasteiger charge is -2.39. The molecule has 12 heteroatoms. The van der Waals surface area contributed by atoms with E-state index in [1.54, 1.807) is 4.90 Å². The van der Waals surface area contributed by atoms with E-state index in [9.17, 15) is 19.5 Å². The van der Waals surface area contributed by atoms with Crippen molar-refractivity contribution in [3.05, 3.63) is 0 Å². The number of aliphatic hydroxyl groups excluding tert-OH is 1. The Morgan fingerprint density at radius 3 is 2.00 bits per heavy atom. The van der Waals surface area contributed by atoms with Crippen molar-refractivity contribution in [1.82, 2.24) is 9.80 Å². The van der Waals surface area contributed by atoms with Crippen LogP contribution in [0.3, 0.4) is 0 Å². The first kappa shape index (κ1) is 35.0. The summed E-state index contributed by atoms with van der Waals surface area (Å²) in [6.45, 7) is 4.49. The van der Waals surface area contributed by atoms with Gasteiger partial charge in [-0.2, -0.15) is 0 Å². The second kappa shape index (κ2) is 17.8. The van der Waals surface area contributed by atoms with Gasteiger partial charge in [0.1, 0.15) is 24.1 Å². The number of ketones is 1. The SMILES string of the molecule is NCC1CCC(C(=O)C(CN)CCCOC[C@H]2OCC[C@@H](OC(=O)N3CCN(C(=O)C4CCC(CN)CC4)CC3)[C@@H]2O)CC1. The maximum Gasteiger partial charge on any atom is 0.410 e. The summed E-state index contributed by atoms with van der Waals surface area (Å²) < 4.78 is 17.3. The summed E-state index contributed by atoms with van der Waals surface area (Å²) in [4.78, 5) is 42.4. The Bertz CT molecular complexity index is 901. The Labute approximate surface area is 262 Å². The predicted molar refractivity (Wildman–Crippen MR) is 165 cm³/mol. The molecule has 2 aliphatic heterocycles. The first-order valence-electron chi connectivity index (χ1n) is 17.1. The van der Waals surface area contributed by atoms with Crippen LogP contribution in [0, 0.1) is 29.6 Å². The van der Waals surface area contributed by atoms with Crippen LogP contribution in [0.15, 0.2) is 0 Å². The predicted octanol–water partition coefficient (Wildman–Crippen LogP) is 1.26. The molecule has 12 nitrogen and oxygen atoms in total. The van der Waals surface area contributed by atoms with Crippen LogP contribution in [0.4, 0.5) is 4.79 Å². The zero-order valence-corrected chi connectivity index (χ0v) is 26.5. The number of amides is 2. The quantitative estimate of drug-likeness (QED) is 0.218. The van der Waals surface area contributed by atoms with Gasteiger partial charge in [-0.05, 0) is 89.1 Å². The number of rotatable bonds is 13. The molecule has 0 radical (unpaired) electrons. The number of carbonyl (C=O) groups is 3. The third-order valence-corrected chi connectivity index (χ3v) is 10.5. The molecule has 44 heavy (non-hydrogen) atoms. The molecule has 2 saturated carbocycles. The highest BCUT2D eigenvalue weighted by molar-refractivity contribution is 5.83. The second-order valence-corrected chi connectivity index (χ2v) is 13.4. The molecule has 252 valence electrons. The Hall–Kier alpha value is -1.83. The second-order valence-electron chi connectivity index (χ2n) is 13.4. The lowest BCUT2D eigenvalue weighted by Crippen LogP contribution is -2.54. The van der Waals surface area contributed by atoms with Gasteiger partial charge in [0.15, 0.2) is 0 Å². The molecule has 4 rings (SSSR count). The fraction of sp³-hybridized carbons (Fsp3) is 0.906. The summed E-state index contributed by atoms with van der Waals surface area (Å²) in [5.74, 6) is 1.52. The maximum atomic E-state index is 13.0. The average Bonchev–Trinajstić information content (AvgIpc) is 3.07. The number of hydrogen-bond donors (Lipinski definition) is 4. The molecule has 0 spiro atoms. The average molecular weight is 624 g/mol. The van der Waals surface area contributed by atoms with Crippen LogP contribution in [0.2, 0.25) is 0 Å². The van der Waals surface area contributed by atoms with E-state index < -0.39 is 24.4 Å². The van der Waals surface area contributed by atoms with Gasteiger partial charge in [-0.3, -0.25) is 9.59 Å². The number of piperazine rings is 1. The molecular weight excluding hydrogens is 566 g/mol. The number of nitrogens with zero attached hydrogens (tertiary/aromatic N) is 2. The molecule has 4 aliphatic rings. The van der Waals surface area contributed by atoms with E-state index in [0.29, 0.717) is 90.1 Å². The van der Waals surface area contributed by atoms with Crippen LogP contribution in [0.25, 0.3) is 0 Å². The van der Waals surface area contributed by atoms with E-state index in [2.05, 4.69) is 0 Å². The molecule has 2 aliphatic carbocycles.